The molecule has 2 heterocycles. The summed E-state index contributed by atoms with van der Waals surface area (Å²) in [6.45, 7) is 0. The Morgan fingerprint density at radius 3 is 2.66 bits per heavy atom. The average Bonchev–Trinajstić information content (AvgIpc) is 3.02. The van der Waals surface area contributed by atoms with E-state index >= 15 is 0 Å². The largest absolute Gasteiger partial charge is 0.417 e. The van der Waals surface area contributed by atoms with Gasteiger partial charge in [0.15, 0.2) is 0 Å². The smallest absolute Gasteiger partial charge is 0.350 e. The van der Waals surface area contributed by atoms with Crippen LogP contribution in [0.1, 0.15) is 6.42 Å². The van der Waals surface area contributed by atoms with Crippen LogP contribution in [-0.2, 0) is 10.0 Å². The van der Waals surface area contributed by atoms with Crippen molar-refractivity contribution in [2.45, 2.75) is 23.5 Å². The van der Waals surface area contributed by atoms with Crippen LogP contribution >= 0.6 is 11.6 Å². The number of aromatic amines is 2. The third-order valence-electron chi connectivity index (χ3n) is 4.60. The molecule has 0 saturated heterocycles. The fourth-order valence-corrected chi connectivity index (χ4v) is 4.73. The molecular weight excluding hydrogens is 431 g/mol. The van der Waals surface area contributed by atoms with Crippen LogP contribution in [0.25, 0.3) is 21.8 Å². The van der Waals surface area contributed by atoms with Gasteiger partial charge in [0, 0.05) is 33.6 Å². The number of halogens is 4. The first kappa shape index (κ1) is 19.7. The molecule has 1 aliphatic carbocycles. The van der Waals surface area contributed by atoms with Crippen LogP contribution in [0, 0.1) is 0 Å². The van der Waals surface area contributed by atoms with Crippen LogP contribution in [0.5, 0.6) is 0 Å². The maximum absolute atomic E-state index is 13.0. The summed E-state index contributed by atoms with van der Waals surface area (Å²) < 4.78 is 66.9. The molecule has 0 aliphatic heterocycles. The summed E-state index contributed by atoms with van der Waals surface area (Å²) in [5.41, 5.74) is -0.571. The second-order valence-electron chi connectivity index (χ2n) is 6.52. The number of H-pyrrole nitrogens is 2. The van der Waals surface area contributed by atoms with Crippen molar-refractivity contribution < 1.29 is 21.6 Å². The Morgan fingerprint density at radius 1 is 1.17 bits per heavy atom. The SMILES string of the molecule is O=c1[nH]ccc2c1[nH]c1ccc(S(=O)(=O)NC3C=C(C(F)(F)F)C(Cl)=CC3)cc12. The van der Waals surface area contributed by atoms with Gasteiger partial charge in [-0.05, 0) is 30.7 Å². The van der Waals surface area contributed by atoms with Gasteiger partial charge in [-0.2, -0.15) is 13.2 Å². The van der Waals surface area contributed by atoms with Crippen molar-refractivity contribution in [2.75, 3.05) is 0 Å². The van der Waals surface area contributed by atoms with Gasteiger partial charge in [0.1, 0.15) is 5.52 Å². The molecule has 11 heteroatoms. The maximum atomic E-state index is 13.0. The minimum atomic E-state index is -4.69. The Hall–Kier alpha value is -2.56. The molecule has 1 aromatic carbocycles. The van der Waals surface area contributed by atoms with Gasteiger partial charge in [-0.25, -0.2) is 13.1 Å². The predicted octanol–water partition coefficient (Wildman–Crippen LogP) is 3.67. The van der Waals surface area contributed by atoms with Gasteiger partial charge in [-0.15, -0.1) is 0 Å². The van der Waals surface area contributed by atoms with E-state index in [0.717, 1.165) is 12.2 Å². The van der Waals surface area contributed by atoms with Gasteiger partial charge >= 0.3 is 6.18 Å². The highest BCUT2D eigenvalue weighted by atomic mass is 35.5. The summed E-state index contributed by atoms with van der Waals surface area (Å²) >= 11 is 5.61. The van der Waals surface area contributed by atoms with Gasteiger partial charge in [-0.1, -0.05) is 23.8 Å². The molecule has 0 fully saturated rings. The Bertz CT molecular complexity index is 1350. The summed E-state index contributed by atoms with van der Waals surface area (Å²) in [6.07, 6.45) is -1.36. The second-order valence-corrected chi connectivity index (χ2v) is 8.64. The molecular formula is C18H13ClF3N3O3S. The lowest BCUT2D eigenvalue weighted by Crippen LogP contribution is -2.35. The molecule has 3 N–H and O–H groups in total. The number of aromatic nitrogens is 2. The number of hydrogen-bond donors (Lipinski definition) is 3. The van der Waals surface area contributed by atoms with Crippen molar-refractivity contribution in [2.24, 2.45) is 0 Å². The van der Waals surface area contributed by atoms with Crippen molar-refractivity contribution >= 4 is 43.4 Å². The lowest BCUT2D eigenvalue weighted by molar-refractivity contribution is -0.0892. The zero-order valence-corrected chi connectivity index (χ0v) is 16.0. The van der Waals surface area contributed by atoms with Crippen LogP contribution < -0.4 is 10.3 Å². The summed E-state index contributed by atoms with van der Waals surface area (Å²) in [4.78, 5) is 17.2. The minimum absolute atomic E-state index is 0.0116. The molecule has 0 saturated carbocycles. The molecule has 0 bridgehead atoms. The Balaban J connectivity index is 1.72. The highest BCUT2D eigenvalue weighted by molar-refractivity contribution is 7.89. The normalized spacial score (nSPS) is 18.1. The predicted molar refractivity (Wildman–Crippen MR) is 103 cm³/mol. The lowest BCUT2D eigenvalue weighted by atomic mass is 10.0. The van der Waals surface area contributed by atoms with Crippen LogP contribution in [0.4, 0.5) is 13.2 Å². The van der Waals surface area contributed by atoms with Gasteiger partial charge in [-0.3, -0.25) is 4.79 Å². The number of nitrogens with one attached hydrogen (secondary N) is 3. The standard InChI is InChI=1S/C18H13ClF3N3O3S/c19-14-3-1-9(7-13(14)18(20,21)22)25-29(27,28)10-2-4-15-12(8-10)11-5-6-23-17(26)16(11)24-15/h2-9,24-25H,1H2,(H,23,26). The number of rotatable bonds is 3. The summed E-state index contributed by atoms with van der Waals surface area (Å²) in [5, 5.41) is 0.581. The first-order valence-electron chi connectivity index (χ1n) is 8.37. The van der Waals surface area contributed by atoms with E-state index in [1.807, 2.05) is 0 Å². The fraction of sp³-hybridized carbons (Fsp3) is 0.167. The number of fused-ring (bicyclic) bond motifs is 3. The molecule has 6 nitrogen and oxygen atoms in total. The summed E-state index contributed by atoms with van der Waals surface area (Å²) in [7, 11) is -4.13. The average molecular weight is 444 g/mol. The number of alkyl halides is 3. The van der Waals surface area contributed by atoms with Crippen LogP contribution in [0.3, 0.4) is 0 Å². The monoisotopic (exact) mass is 443 g/mol. The van der Waals surface area contributed by atoms with Gasteiger partial charge in [0.05, 0.1) is 10.5 Å². The van der Waals surface area contributed by atoms with E-state index in [1.54, 1.807) is 6.07 Å². The van der Waals surface area contributed by atoms with E-state index in [0.29, 0.717) is 21.8 Å². The van der Waals surface area contributed by atoms with Crippen molar-refractivity contribution in [3.63, 3.8) is 0 Å². The molecule has 152 valence electrons. The van der Waals surface area contributed by atoms with Gasteiger partial charge in [0.25, 0.3) is 5.56 Å². The molecule has 1 aliphatic rings. The number of hydrogen-bond acceptors (Lipinski definition) is 3. The molecule has 2 aromatic heterocycles. The molecule has 1 atom stereocenters. The first-order chi connectivity index (χ1) is 13.6. The minimum Gasteiger partial charge on any atom is -0.350 e. The van der Waals surface area contributed by atoms with E-state index in [4.69, 9.17) is 11.6 Å². The lowest BCUT2D eigenvalue weighted by Gasteiger charge is -2.21. The molecule has 0 radical (unpaired) electrons. The zero-order valence-electron chi connectivity index (χ0n) is 14.5. The molecule has 0 spiro atoms. The topological polar surface area (TPSA) is 94.8 Å². The molecule has 0 amide bonds. The number of allylic oxidation sites excluding steroid dienone is 2. The quantitative estimate of drug-likeness (QED) is 0.576. The third-order valence-corrected chi connectivity index (χ3v) is 6.45. The summed E-state index contributed by atoms with van der Waals surface area (Å²) in [5.74, 6) is 0. The first-order valence-corrected chi connectivity index (χ1v) is 10.2. The third kappa shape index (κ3) is 3.59. The highest BCUT2D eigenvalue weighted by Crippen LogP contribution is 2.36. The van der Waals surface area contributed by atoms with E-state index in [-0.39, 0.29) is 16.9 Å². The van der Waals surface area contributed by atoms with Gasteiger partial charge < -0.3 is 9.97 Å². The van der Waals surface area contributed by atoms with E-state index in [2.05, 4.69) is 14.7 Å². The number of pyridine rings is 1. The molecule has 1 unspecified atom stereocenters. The van der Waals surface area contributed by atoms with Crippen molar-refractivity contribution in [3.05, 3.63) is 63.6 Å². The fourth-order valence-electron chi connectivity index (χ4n) is 3.25. The Morgan fingerprint density at radius 2 is 1.93 bits per heavy atom. The van der Waals surface area contributed by atoms with E-state index < -0.39 is 32.8 Å². The Labute approximate surface area is 167 Å². The molecule has 29 heavy (non-hydrogen) atoms. The van der Waals surface area contributed by atoms with Crippen LogP contribution in [-0.4, -0.2) is 30.6 Å². The summed E-state index contributed by atoms with van der Waals surface area (Å²) in [6, 6.07) is 4.72. The van der Waals surface area contributed by atoms with Gasteiger partial charge in [0.2, 0.25) is 10.0 Å². The van der Waals surface area contributed by atoms with E-state index in [9.17, 15) is 26.4 Å². The van der Waals surface area contributed by atoms with Crippen molar-refractivity contribution in [3.8, 4) is 0 Å². The van der Waals surface area contributed by atoms with Crippen molar-refractivity contribution in [1.82, 2.24) is 14.7 Å². The second kappa shape index (κ2) is 6.75. The Kier molecular flexibility index (Phi) is 4.60. The van der Waals surface area contributed by atoms with Crippen LogP contribution in [0.2, 0.25) is 0 Å². The number of sulfonamides is 1. The zero-order chi connectivity index (χ0) is 21.0. The molecule has 4 rings (SSSR count). The number of benzene rings is 1. The van der Waals surface area contributed by atoms with Crippen molar-refractivity contribution in [1.29, 1.82) is 0 Å². The van der Waals surface area contributed by atoms with E-state index in [1.165, 1.54) is 24.4 Å². The van der Waals surface area contributed by atoms with Crippen LogP contribution in [0.15, 0.2) is 62.9 Å². The highest BCUT2D eigenvalue weighted by Gasteiger charge is 2.38. The maximum Gasteiger partial charge on any atom is 0.417 e. The molecule has 3 aromatic rings.